The molecule has 1 aliphatic carbocycles. The third-order valence-electron chi connectivity index (χ3n) is 7.80. The number of fused-ring (bicyclic) bond motifs is 1. The molecular formula is C34H34F2N4O7. The van der Waals surface area contributed by atoms with Gasteiger partial charge in [-0.2, -0.15) is 0 Å². The number of amides is 3. The van der Waals surface area contributed by atoms with Crippen LogP contribution < -0.4 is 30.3 Å². The van der Waals surface area contributed by atoms with E-state index in [2.05, 4.69) is 15.6 Å². The highest BCUT2D eigenvalue weighted by Gasteiger charge is 2.56. The number of anilines is 2. The van der Waals surface area contributed by atoms with Crippen molar-refractivity contribution in [3.8, 4) is 23.0 Å². The number of rotatable bonds is 15. The van der Waals surface area contributed by atoms with Crippen molar-refractivity contribution in [2.24, 2.45) is 5.41 Å². The van der Waals surface area contributed by atoms with Crippen molar-refractivity contribution in [3.63, 3.8) is 0 Å². The van der Waals surface area contributed by atoms with E-state index in [1.165, 1.54) is 49.7 Å². The van der Waals surface area contributed by atoms with E-state index in [4.69, 9.17) is 19.4 Å². The summed E-state index contributed by atoms with van der Waals surface area (Å²) in [5, 5.41) is 14.4. The molecule has 13 heteroatoms. The van der Waals surface area contributed by atoms with Crippen LogP contribution in [0.15, 0.2) is 66.9 Å². The second kappa shape index (κ2) is 14.9. The Bertz CT molecular complexity index is 1760. The topological polar surface area (TPSA) is 148 Å². The summed E-state index contributed by atoms with van der Waals surface area (Å²) in [6.45, 7) is 0.415. The SMILES string of the molecule is COc1cc2c(Oc3ccc(NC(=O)C4(C(=O)Nc5ccc(F)cc5)CC4)cc3F)ccnc2cc1OCCCCCCC(=O)NO. The van der Waals surface area contributed by atoms with Crippen LogP contribution >= 0.6 is 0 Å². The second-order valence-corrected chi connectivity index (χ2v) is 11.1. The van der Waals surface area contributed by atoms with E-state index in [1.54, 1.807) is 23.7 Å². The van der Waals surface area contributed by atoms with E-state index in [0.29, 0.717) is 59.7 Å². The number of aromatic nitrogens is 1. The first-order valence-corrected chi connectivity index (χ1v) is 15.1. The first-order chi connectivity index (χ1) is 22.7. The van der Waals surface area contributed by atoms with Crippen LogP contribution in [0.1, 0.15) is 44.9 Å². The van der Waals surface area contributed by atoms with Gasteiger partial charge in [-0.15, -0.1) is 0 Å². The number of benzene rings is 3. The molecule has 1 aliphatic rings. The maximum Gasteiger partial charge on any atom is 0.243 e. The normalized spacial score (nSPS) is 13.0. The lowest BCUT2D eigenvalue weighted by Crippen LogP contribution is -2.35. The maximum absolute atomic E-state index is 15.2. The zero-order valence-electron chi connectivity index (χ0n) is 25.6. The Labute approximate surface area is 269 Å². The molecule has 0 aliphatic heterocycles. The highest BCUT2D eigenvalue weighted by molar-refractivity contribution is 6.16. The number of hydrogen-bond acceptors (Lipinski definition) is 8. The Morgan fingerprint density at radius 3 is 2.21 bits per heavy atom. The van der Waals surface area contributed by atoms with Crippen LogP contribution in [0.5, 0.6) is 23.0 Å². The van der Waals surface area contributed by atoms with Gasteiger partial charge in [-0.25, -0.2) is 14.3 Å². The average Bonchev–Trinajstić information content (AvgIpc) is 3.89. The number of ether oxygens (including phenoxy) is 3. The van der Waals surface area contributed by atoms with E-state index in [9.17, 15) is 18.8 Å². The molecule has 0 bridgehead atoms. The minimum Gasteiger partial charge on any atom is -0.493 e. The van der Waals surface area contributed by atoms with Crippen molar-refractivity contribution < 1.29 is 42.6 Å². The molecule has 0 atom stereocenters. The first kappa shape index (κ1) is 33.1. The largest absolute Gasteiger partial charge is 0.493 e. The molecule has 1 saturated carbocycles. The number of halogens is 2. The van der Waals surface area contributed by atoms with Gasteiger partial charge >= 0.3 is 0 Å². The molecule has 3 amide bonds. The molecular weight excluding hydrogens is 614 g/mol. The molecule has 1 fully saturated rings. The Kier molecular flexibility index (Phi) is 10.5. The highest BCUT2D eigenvalue weighted by atomic mass is 19.1. The monoisotopic (exact) mass is 648 g/mol. The number of pyridine rings is 1. The lowest BCUT2D eigenvalue weighted by molar-refractivity contribution is -0.131. The van der Waals surface area contributed by atoms with E-state index < -0.39 is 34.8 Å². The zero-order valence-corrected chi connectivity index (χ0v) is 25.6. The molecule has 0 spiro atoms. The molecule has 246 valence electrons. The van der Waals surface area contributed by atoms with Gasteiger partial charge in [0.2, 0.25) is 17.7 Å². The molecule has 0 radical (unpaired) electrons. The summed E-state index contributed by atoms with van der Waals surface area (Å²) in [5.74, 6) is -1.54. The number of carbonyl (C=O) groups is 3. The van der Waals surface area contributed by atoms with E-state index >= 15 is 4.39 Å². The van der Waals surface area contributed by atoms with Crippen LogP contribution in [0.3, 0.4) is 0 Å². The van der Waals surface area contributed by atoms with Crippen molar-refractivity contribution in [1.29, 1.82) is 0 Å². The minimum absolute atomic E-state index is 0.0959. The summed E-state index contributed by atoms with van der Waals surface area (Å²) in [5.41, 5.74) is 1.37. The molecule has 1 heterocycles. The Hall–Kier alpha value is -5.30. The molecule has 47 heavy (non-hydrogen) atoms. The number of nitrogens with one attached hydrogen (secondary N) is 3. The van der Waals surface area contributed by atoms with Crippen LogP contribution in [0.2, 0.25) is 0 Å². The molecule has 0 saturated heterocycles. The Morgan fingerprint density at radius 2 is 1.53 bits per heavy atom. The molecule has 3 aromatic carbocycles. The number of unbranched alkanes of at least 4 members (excludes halogenated alkanes) is 3. The fourth-order valence-electron chi connectivity index (χ4n) is 4.97. The van der Waals surface area contributed by atoms with Crippen LogP contribution in [0, 0.1) is 17.0 Å². The van der Waals surface area contributed by atoms with Crippen molar-refractivity contribution in [3.05, 3.63) is 78.5 Å². The lowest BCUT2D eigenvalue weighted by Gasteiger charge is -2.16. The fourth-order valence-corrected chi connectivity index (χ4v) is 4.97. The molecule has 4 N–H and O–H groups in total. The molecule has 0 unspecified atom stereocenters. The molecule has 1 aromatic heterocycles. The molecule has 4 aromatic rings. The van der Waals surface area contributed by atoms with Crippen LogP contribution in [-0.4, -0.2) is 41.6 Å². The summed E-state index contributed by atoms with van der Waals surface area (Å²) >= 11 is 0. The van der Waals surface area contributed by atoms with Crippen LogP contribution in [0.4, 0.5) is 20.2 Å². The quantitative estimate of drug-likeness (QED) is 0.0494. The Morgan fingerprint density at radius 1 is 0.830 bits per heavy atom. The van der Waals surface area contributed by atoms with Gasteiger partial charge in [0.1, 0.15) is 17.0 Å². The number of carbonyl (C=O) groups excluding carboxylic acids is 3. The molecule has 5 rings (SSSR count). The second-order valence-electron chi connectivity index (χ2n) is 11.1. The highest BCUT2D eigenvalue weighted by Crippen LogP contribution is 2.47. The zero-order chi connectivity index (χ0) is 33.4. The minimum atomic E-state index is -1.29. The van der Waals surface area contributed by atoms with Crippen molar-refractivity contribution >= 4 is 40.0 Å². The third-order valence-corrected chi connectivity index (χ3v) is 7.80. The summed E-state index contributed by atoms with van der Waals surface area (Å²) in [4.78, 5) is 41.3. The van der Waals surface area contributed by atoms with Gasteiger partial charge in [-0.05, 0) is 74.2 Å². The first-order valence-electron chi connectivity index (χ1n) is 15.1. The number of hydrogen-bond donors (Lipinski definition) is 4. The smallest absolute Gasteiger partial charge is 0.243 e. The summed E-state index contributed by atoms with van der Waals surface area (Å²) in [6.07, 6.45) is 5.51. The van der Waals surface area contributed by atoms with Gasteiger partial charge in [0, 0.05) is 41.5 Å². The van der Waals surface area contributed by atoms with Gasteiger partial charge in [-0.1, -0.05) is 12.8 Å². The lowest BCUT2D eigenvalue weighted by atomic mass is 10.0. The predicted molar refractivity (Wildman–Crippen MR) is 169 cm³/mol. The number of hydroxylamine groups is 1. The predicted octanol–water partition coefficient (Wildman–Crippen LogP) is 6.51. The van der Waals surface area contributed by atoms with Crippen molar-refractivity contribution in [2.75, 3.05) is 24.4 Å². The van der Waals surface area contributed by atoms with Crippen LogP contribution in [0.25, 0.3) is 10.9 Å². The van der Waals surface area contributed by atoms with E-state index in [0.717, 1.165) is 25.3 Å². The van der Waals surface area contributed by atoms with E-state index in [-0.39, 0.29) is 17.9 Å². The maximum atomic E-state index is 15.2. The standard InChI is InChI=1S/C34H34F2N4O7/c1-45-29-19-24-26(20-30(29)46-17-5-3-2-4-6-31(41)40-44)37-16-13-27(24)47-28-12-11-23(18-25(28)36)39-33(43)34(14-15-34)32(42)38-22-9-7-21(35)8-10-22/h7-13,16,18-20,44H,2-6,14-15,17H2,1H3,(H,38,42)(H,39,43)(H,40,41). The number of nitrogens with zero attached hydrogens (tertiary/aromatic N) is 1. The van der Waals surface area contributed by atoms with E-state index in [1.807, 2.05) is 0 Å². The molecule has 11 nitrogen and oxygen atoms in total. The average molecular weight is 649 g/mol. The summed E-state index contributed by atoms with van der Waals surface area (Å²) < 4.78 is 45.8. The third kappa shape index (κ3) is 8.11. The summed E-state index contributed by atoms with van der Waals surface area (Å²) in [6, 6.07) is 14.2. The number of methoxy groups -OCH3 is 1. The Balaban J connectivity index is 1.21. The van der Waals surface area contributed by atoms with Crippen molar-refractivity contribution in [1.82, 2.24) is 10.5 Å². The summed E-state index contributed by atoms with van der Waals surface area (Å²) in [7, 11) is 1.50. The van der Waals surface area contributed by atoms with Gasteiger partial charge in [0.25, 0.3) is 0 Å². The fraction of sp³-hybridized carbons (Fsp3) is 0.294. The van der Waals surface area contributed by atoms with Gasteiger partial charge in [0.15, 0.2) is 23.1 Å². The van der Waals surface area contributed by atoms with Crippen molar-refractivity contribution in [2.45, 2.75) is 44.9 Å². The van der Waals surface area contributed by atoms with Gasteiger partial charge in [-0.3, -0.25) is 24.6 Å². The van der Waals surface area contributed by atoms with Gasteiger partial charge in [0.05, 0.1) is 19.2 Å². The van der Waals surface area contributed by atoms with Gasteiger partial charge < -0.3 is 24.8 Å². The van der Waals surface area contributed by atoms with Crippen LogP contribution in [-0.2, 0) is 14.4 Å².